The largest absolute Gasteiger partial charge is 0.311 e. The lowest BCUT2D eigenvalue weighted by Gasteiger charge is -2.30. The summed E-state index contributed by atoms with van der Waals surface area (Å²) < 4.78 is 0. The van der Waals surface area contributed by atoms with Gasteiger partial charge < -0.3 is 14.7 Å². The summed E-state index contributed by atoms with van der Waals surface area (Å²) >= 11 is 0. The van der Waals surface area contributed by atoms with Gasteiger partial charge in [-0.2, -0.15) is 0 Å². The molecule has 0 atom stereocenters. The first-order valence-corrected chi connectivity index (χ1v) is 17.3. The van der Waals surface area contributed by atoms with Crippen LogP contribution < -0.4 is 14.7 Å². The summed E-state index contributed by atoms with van der Waals surface area (Å²) in [7, 11) is 0. The van der Waals surface area contributed by atoms with Crippen LogP contribution in [0.25, 0.3) is 0 Å². The zero-order chi connectivity index (χ0) is 34.6. The maximum absolute atomic E-state index is 2.33. The number of aryl methyl sites for hydroxylation is 5. The van der Waals surface area contributed by atoms with Crippen molar-refractivity contribution in [2.24, 2.45) is 0 Å². The highest BCUT2D eigenvalue weighted by atomic mass is 15.2. The Morgan fingerprint density at radius 3 is 0.820 bits per heavy atom. The van der Waals surface area contributed by atoms with E-state index in [1.807, 2.05) is 0 Å². The van der Waals surface area contributed by atoms with Crippen LogP contribution >= 0.6 is 0 Å². The van der Waals surface area contributed by atoms with Gasteiger partial charge in [0, 0.05) is 51.2 Å². The third-order valence-electron chi connectivity index (χ3n) is 9.55. The van der Waals surface area contributed by atoms with E-state index in [1.165, 1.54) is 27.8 Å². The quantitative estimate of drug-likeness (QED) is 0.154. The first kappa shape index (κ1) is 32.5. The van der Waals surface area contributed by atoms with Crippen LogP contribution in [0.2, 0.25) is 0 Å². The second-order valence-electron chi connectivity index (χ2n) is 13.1. The maximum Gasteiger partial charge on any atom is 0.0464 e. The number of hydrogen-bond acceptors (Lipinski definition) is 3. The van der Waals surface area contributed by atoms with Crippen molar-refractivity contribution in [3.05, 3.63) is 198 Å². The van der Waals surface area contributed by atoms with Crippen molar-refractivity contribution in [2.75, 3.05) is 14.7 Å². The molecular formula is C47H43N3. The summed E-state index contributed by atoms with van der Waals surface area (Å²) in [5.74, 6) is 0. The molecule has 0 saturated heterocycles. The molecule has 0 spiro atoms. The average Bonchev–Trinajstić information content (AvgIpc) is 3.14. The molecule has 0 fully saturated rings. The minimum atomic E-state index is 1.09. The lowest BCUT2D eigenvalue weighted by atomic mass is 10.1. The molecule has 0 amide bonds. The Hall–Kier alpha value is -6.06. The molecule has 7 aromatic carbocycles. The van der Waals surface area contributed by atoms with E-state index in [2.05, 4.69) is 219 Å². The standard InChI is InChI=1S/C47H43N3/c1-34-16-20-41(21-17-34)48(42-24-28-44(29-25-42)49(39-12-8-6-9-13-39)46-22-18-35(2)37(4)32-46)43-26-30-45(31-27-43)50(40-14-10-7-11-15-40)47-23-19-36(3)38(5)33-47/h6-33H,1-5H3. The third-order valence-corrected chi connectivity index (χ3v) is 9.55. The van der Waals surface area contributed by atoms with E-state index in [0.29, 0.717) is 0 Å². The van der Waals surface area contributed by atoms with Crippen LogP contribution in [0.15, 0.2) is 170 Å². The molecule has 7 aromatic rings. The van der Waals surface area contributed by atoms with Crippen molar-refractivity contribution in [3.63, 3.8) is 0 Å². The number of nitrogens with zero attached hydrogens (tertiary/aromatic N) is 3. The number of benzene rings is 7. The van der Waals surface area contributed by atoms with Gasteiger partial charge in [0.05, 0.1) is 0 Å². The van der Waals surface area contributed by atoms with Crippen molar-refractivity contribution in [1.29, 1.82) is 0 Å². The summed E-state index contributed by atoms with van der Waals surface area (Å²) in [6, 6.07) is 61.1. The molecule has 50 heavy (non-hydrogen) atoms. The summed E-state index contributed by atoms with van der Waals surface area (Å²) in [6.45, 7) is 10.8. The molecule has 3 nitrogen and oxygen atoms in total. The van der Waals surface area contributed by atoms with Crippen molar-refractivity contribution < 1.29 is 0 Å². The van der Waals surface area contributed by atoms with Gasteiger partial charge >= 0.3 is 0 Å². The molecule has 7 rings (SSSR count). The molecule has 0 heterocycles. The Morgan fingerprint density at radius 1 is 0.240 bits per heavy atom. The van der Waals surface area contributed by atoms with E-state index in [9.17, 15) is 0 Å². The van der Waals surface area contributed by atoms with E-state index in [1.54, 1.807) is 0 Å². The zero-order valence-corrected chi connectivity index (χ0v) is 29.5. The van der Waals surface area contributed by atoms with Crippen molar-refractivity contribution >= 4 is 51.2 Å². The fourth-order valence-electron chi connectivity index (χ4n) is 6.42. The zero-order valence-electron chi connectivity index (χ0n) is 29.5. The smallest absolute Gasteiger partial charge is 0.0464 e. The minimum Gasteiger partial charge on any atom is -0.311 e. The predicted molar refractivity (Wildman–Crippen MR) is 214 cm³/mol. The molecule has 0 aliphatic heterocycles. The summed E-state index contributed by atoms with van der Waals surface area (Å²) in [6.07, 6.45) is 0. The minimum absolute atomic E-state index is 1.09. The van der Waals surface area contributed by atoms with E-state index >= 15 is 0 Å². The Bertz CT molecular complexity index is 2050. The molecule has 3 heteroatoms. The van der Waals surface area contributed by atoms with Gasteiger partial charge in [0.15, 0.2) is 0 Å². The van der Waals surface area contributed by atoms with Crippen LogP contribution in [0.4, 0.5) is 51.2 Å². The number of hydrogen-bond donors (Lipinski definition) is 0. The Morgan fingerprint density at radius 2 is 0.500 bits per heavy atom. The van der Waals surface area contributed by atoms with Gasteiger partial charge in [-0.05, 0) is 166 Å². The van der Waals surface area contributed by atoms with Crippen molar-refractivity contribution in [2.45, 2.75) is 34.6 Å². The van der Waals surface area contributed by atoms with Gasteiger partial charge in [0.25, 0.3) is 0 Å². The van der Waals surface area contributed by atoms with E-state index in [0.717, 1.165) is 51.2 Å². The van der Waals surface area contributed by atoms with Gasteiger partial charge in [-0.25, -0.2) is 0 Å². The van der Waals surface area contributed by atoms with E-state index < -0.39 is 0 Å². The SMILES string of the molecule is Cc1ccc(N(c2ccc(N(c3ccccc3)c3ccc(C)c(C)c3)cc2)c2ccc(N(c3ccccc3)c3ccc(C)c(C)c3)cc2)cc1. The molecule has 0 unspecified atom stereocenters. The van der Waals surface area contributed by atoms with Gasteiger partial charge in [0.2, 0.25) is 0 Å². The van der Waals surface area contributed by atoms with Gasteiger partial charge in [-0.1, -0.05) is 66.2 Å². The number of anilines is 9. The predicted octanol–water partition coefficient (Wildman–Crippen LogP) is 13.6. The van der Waals surface area contributed by atoms with Crippen molar-refractivity contribution in [1.82, 2.24) is 0 Å². The third kappa shape index (κ3) is 6.76. The molecule has 246 valence electrons. The lowest BCUT2D eigenvalue weighted by molar-refractivity contribution is 1.23. The first-order chi connectivity index (χ1) is 24.4. The Kier molecular flexibility index (Phi) is 9.22. The van der Waals surface area contributed by atoms with Crippen LogP contribution in [0.1, 0.15) is 27.8 Å². The molecule has 0 radical (unpaired) electrons. The number of rotatable bonds is 9. The lowest BCUT2D eigenvalue weighted by Crippen LogP contribution is -2.13. The second kappa shape index (κ2) is 14.2. The monoisotopic (exact) mass is 649 g/mol. The maximum atomic E-state index is 2.33. The topological polar surface area (TPSA) is 9.72 Å². The summed E-state index contributed by atoms with van der Waals surface area (Å²) in [5, 5.41) is 0. The van der Waals surface area contributed by atoms with Crippen LogP contribution in [-0.4, -0.2) is 0 Å². The summed E-state index contributed by atoms with van der Waals surface area (Å²) in [5.41, 5.74) is 16.4. The fourth-order valence-corrected chi connectivity index (χ4v) is 6.42. The Labute approximate surface area is 297 Å². The molecule has 0 saturated carbocycles. The van der Waals surface area contributed by atoms with Crippen molar-refractivity contribution in [3.8, 4) is 0 Å². The molecular weight excluding hydrogens is 607 g/mol. The highest BCUT2D eigenvalue weighted by Crippen LogP contribution is 2.41. The van der Waals surface area contributed by atoms with Gasteiger partial charge in [-0.3, -0.25) is 0 Å². The van der Waals surface area contributed by atoms with E-state index in [4.69, 9.17) is 0 Å². The van der Waals surface area contributed by atoms with E-state index in [-0.39, 0.29) is 0 Å². The van der Waals surface area contributed by atoms with Crippen LogP contribution in [-0.2, 0) is 0 Å². The van der Waals surface area contributed by atoms with Gasteiger partial charge in [-0.15, -0.1) is 0 Å². The highest BCUT2D eigenvalue weighted by molar-refractivity contribution is 5.83. The molecule has 0 N–H and O–H groups in total. The fraction of sp³-hybridized carbons (Fsp3) is 0.106. The summed E-state index contributed by atoms with van der Waals surface area (Å²) in [4.78, 5) is 6.98. The average molecular weight is 650 g/mol. The first-order valence-electron chi connectivity index (χ1n) is 17.3. The van der Waals surface area contributed by atoms with Crippen LogP contribution in [0.5, 0.6) is 0 Å². The second-order valence-corrected chi connectivity index (χ2v) is 13.1. The molecule has 0 aliphatic rings. The highest BCUT2D eigenvalue weighted by Gasteiger charge is 2.18. The van der Waals surface area contributed by atoms with Crippen LogP contribution in [0, 0.1) is 34.6 Å². The molecule has 0 aromatic heterocycles. The Balaban J connectivity index is 1.28. The molecule has 0 bridgehead atoms. The normalized spacial score (nSPS) is 10.9. The van der Waals surface area contributed by atoms with Gasteiger partial charge in [0.1, 0.15) is 0 Å². The molecule has 0 aliphatic carbocycles. The number of para-hydroxylation sites is 2. The van der Waals surface area contributed by atoms with Crippen LogP contribution in [0.3, 0.4) is 0 Å².